The fourth-order valence-corrected chi connectivity index (χ4v) is 4.03. The SMILES string of the molecule is CC1CCN([C@@H]2[C@H](O)[C@H](CO)O[C@@H]2CNC(=O)c2ccc(C(F)(F)F)cc2)CC1. The summed E-state index contributed by atoms with van der Waals surface area (Å²) in [4.78, 5) is 14.5. The minimum Gasteiger partial charge on any atom is -0.394 e. The number of nitrogens with one attached hydrogen (secondary N) is 1. The van der Waals surface area contributed by atoms with Gasteiger partial charge in [0.15, 0.2) is 0 Å². The topological polar surface area (TPSA) is 82.0 Å². The molecule has 6 nitrogen and oxygen atoms in total. The molecule has 0 aromatic heterocycles. The van der Waals surface area contributed by atoms with Crippen molar-refractivity contribution in [2.75, 3.05) is 26.2 Å². The number of halogens is 3. The zero-order valence-corrected chi connectivity index (χ0v) is 16.2. The van der Waals surface area contributed by atoms with E-state index in [4.69, 9.17) is 4.74 Å². The number of rotatable bonds is 5. The molecule has 0 aliphatic carbocycles. The Kier molecular flexibility index (Phi) is 6.83. The Balaban J connectivity index is 1.63. The lowest BCUT2D eigenvalue weighted by molar-refractivity contribution is -0.137. The van der Waals surface area contributed by atoms with E-state index in [0.717, 1.165) is 50.2 Å². The zero-order chi connectivity index (χ0) is 21.2. The minimum absolute atomic E-state index is 0.0874. The Morgan fingerprint density at radius 1 is 1.21 bits per heavy atom. The van der Waals surface area contributed by atoms with Gasteiger partial charge in [0.05, 0.1) is 24.3 Å². The van der Waals surface area contributed by atoms with E-state index in [1.54, 1.807) is 0 Å². The lowest BCUT2D eigenvalue weighted by atomic mass is 9.94. The van der Waals surface area contributed by atoms with E-state index in [9.17, 15) is 28.2 Å². The summed E-state index contributed by atoms with van der Waals surface area (Å²) in [5, 5.41) is 22.7. The molecule has 2 fully saturated rings. The van der Waals surface area contributed by atoms with Crippen LogP contribution in [0, 0.1) is 5.92 Å². The lowest BCUT2D eigenvalue weighted by Crippen LogP contribution is -2.53. The molecule has 4 atom stereocenters. The van der Waals surface area contributed by atoms with Crippen LogP contribution in [0.1, 0.15) is 35.7 Å². The molecule has 0 unspecified atom stereocenters. The van der Waals surface area contributed by atoms with Crippen molar-refractivity contribution in [3.63, 3.8) is 0 Å². The number of aliphatic hydroxyl groups is 2. The van der Waals surface area contributed by atoms with Gasteiger partial charge in [0.2, 0.25) is 0 Å². The first-order valence-corrected chi connectivity index (χ1v) is 9.84. The van der Waals surface area contributed by atoms with Crippen molar-refractivity contribution in [2.24, 2.45) is 5.92 Å². The first-order chi connectivity index (χ1) is 13.7. The highest BCUT2D eigenvalue weighted by molar-refractivity contribution is 5.94. The molecular formula is C20H27F3N2O4. The predicted octanol–water partition coefficient (Wildman–Crippen LogP) is 1.66. The summed E-state index contributed by atoms with van der Waals surface area (Å²) in [6.07, 6.45) is -4.58. The van der Waals surface area contributed by atoms with Crippen LogP contribution in [-0.4, -0.2) is 71.6 Å². The average molecular weight is 416 g/mol. The van der Waals surface area contributed by atoms with Crippen LogP contribution >= 0.6 is 0 Å². The normalized spacial score (nSPS) is 29.2. The molecule has 0 saturated carbocycles. The highest BCUT2D eigenvalue weighted by atomic mass is 19.4. The number of amides is 1. The molecule has 0 bridgehead atoms. The third kappa shape index (κ3) is 5.09. The molecule has 162 valence electrons. The van der Waals surface area contributed by atoms with E-state index in [-0.39, 0.29) is 24.8 Å². The van der Waals surface area contributed by atoms with E-state index >= 15 is 0 Å². The van der Waals surface area contributed by atoms with Gasteiger partial charge < -0.3 is 20.3 Å². The van der Waals surface area contributed by atoms with Crippen LogP contribution in [0.25, 0.3) is 0 Å². The van der Waals surface area contributed by atoms with E-state index in [1.807, 2.05) is 0 Å². The van der Waals surface area contributed by atoms with E-state index in [1.165, 1.54) is 0 Å². The van der Waals surface area contributed by atoms with Crippen molar-refractivity contribution in [1.82, 2.24) is 10.2 Å². The molecule has 9 heteroatoms. The van der Waals surface area contributed by atoms with E-state index in [2.05, 4.69) is 17.1 Å². The molecular weight excluding hydrogens is 389 g/mol. The fraction of sp³-hybridized carbons (Fsp3) is 0.650. The second-order valence-corrected chi connectivity index (χ2v) is 7.88. The van der Waals surface area contributed by atoms with Crippen molar-refractivity contribution in [3.05, 3.63) is 35.4 Å². The van der Waals surface area contributed by atoms with Crippen molar-refractivity contribution in [1.29, 1.82) is 0 Å². The van der Waals surface area contributed by atoms with Gasteiger partial charge in [-0.2, -0.15) is 13.2 Å². The van der Waals surface area contributed by atoms with Gasteiger partial charge in [-0.05, 0) is 56.1 Å². The van der Waals surface area contributed by atoms with Crippen molar-refractivity contribution in [3.8, 4) is 0 Å². The Labute approximate surface area is 167 Å². The Morgan fingerprint density at radius 3 is 2.38 bits per heavy atom. The Hall–Kier alpha value is -1.68. The molecule has 0 radical (unpaired) electrons. The molecule has 1 amide bonds. The molecule has 2 aliphatic heterocycles. The van der Waals surface area contributed by atoms with Crippen LogP contribution in [-0.2, 0) is 10.9 Å². The number of piperidine rings is 1. The lowest BCUT2D eigenvalue weighted by Gasteiger charge is -2.38. The highest BCUT2D eigenvalue weighted by Gasteiger charge is 2.46. The van der Waals surface area contributed by atoms with Gasteiger partial charge in [-0.15, -0.1) is 0 Å². The van der Waals surface area contributed by atoms with Gasteiger partial charge in [0, 0.05) is 12.1 Å². The number of alkyl halides is 3. The first kappa shape index (κ1) is 22.0. The van der Waals surface area contributed by atoms with Crippen molar-refractivity contribution >= 4 is 5.91 Å². The van der Waals surface area contributed by atoms with Crippen LogP contribution < -0.4 is 5.32 Å². The Bertz CT molecular complexity index is 690. The van der Waals surface area contributed by atoms with Crippen molar-refractivity contribution in [2.45, 2.75) is 50.3 Å². The standard InChI is InChI=1S/C20H27F3N2O4/c1-12-6-8-25(9-7-12)17-15(29-16(11-26)18(17)27)10-24-19(28)13-2-4-14(5-3-13)20(21,22)23/h2-5,12,15-18,26-27H,6-11H2,1H3,(H,24,28)/t15-,16+,17+,18-/m1/s1. The number of carbonyl (C=O) groups is 1. The van der Waals surface area contributed by atoms with Gasteiger partial charge in [-0.25, -0.2) is 0 Å². The van der Waals surface area contributed by atoms with Gasteiger partial charge in [0.25, 0.3) is 5.91 Å². The molecule has 3 N–H and O–H groups in total. The summed E-state index contributed by atoms with van der Waals surface area (Å²) in [6, 6.07) is 3.63. The van der Waals surface area contributed by atoms with Crippen LogP contribution in [0.2, 0.25) is 0 Å². The summed E-state index contributed by atoms with van der Waals surface area (Å²) in [6.45, 7) is 3.54. The number of ether oxygens (including phenoxy) is 1. The summed E-state index contributed by atoms with van der Waals surface area (Å²) < 4.78 is 43.7. The average Bonchev–Trinajstić information content (AvgIpc) is 3.01. The Morgan fingerprint density at radius 2 is 1.83 bits per heavy atom. The monoisotopic (exact) mass is 416 g/mol. The number of carbonyl (C=O) groups excluding carboxylic acids is 1. The molecule has 0 spiro atoms. The van der Waals surface area contributed by atoms with E-state index < -0.39 is 36.0 Å². The highest BCUT2D eigenvalue weighted by Crippen LogP contribution is 2.30. The zero-order valence-electron chi connectivity index (χ0n) is 16.2. The number of benzene rings is 1. The number of hydrogen-bond acceptors (Lipinski definition) is 5. The van der Waals surface area contributed by atoms with Gasteiger partial charge in [0.1, 0.15) is 12.2 Å². The molecule has 1 aromatic rings. The second-order valence-electron chi connectivity index (χ2n) is 7.88. The third-order valence-corrected chi connectivity index (χ3v) is 5.82. The predicted molar refractivity (Wildman–Crippen MR) is 99.3 cm³/mol. The summed E-state index contributed by atoms with van der Waals surface area (Å²) in [7, 11) is 0. The third-order valence-electron chi connectivity index (χ3n) is 5.82. The largest absolute Gasteiger partial charge is 0.416 e. The maximum atomic E-state index is 12.7. The molecule has 29 heavy (non-hydrogen) atoms. The quantitative estimate of drug-likeness (QED) is 0.680. The molecule has 2 saturated heterocycles. The number of hydrogen-bond donors (Lipinski definition) is 3. The smallest absolute Gasteiger partial charge is 0.394 e. The summed E-state index contributed by atoms with van der Waals surface area (Å²) in [5.74, 6) is 0.0902. The summed E-state index contributed by atoms with van der Waals surface area (Å²) in [5.41, 5.74) is -0.708. The van der Waals surface area contributed by atoms with Gasteiger partial charge >= 0.3 is 6.18 Å². The summed E-state index contributed by atoms with van der Waals surface area (Å²) >= 11 is 0. The molecule has 2 aliphatic rings. The van der Waals surface area contributed by atoms with Crippen LogP contribution in [0.3, 0.4) is 0 Å². The number of nitrogens with zero attached hydrogens (tertiary/aromatic N) is 1. The maximum absolute atomic E-state index is 12.7. The molecule has 1 aromatic carbocycles. The minimum atomic E-state index is -4.46. The van der Waals surface area contributed by atoms with Crippen LogP contribution in [0.15, 0.2) is 24.3 Å². The maximum Gasteiger partial charge on any atom is 0.416 e. The number of aliphatic hydroxyl groups excluding tert-OH is 2. The number of likely N-dealkylation sites (tertiary alicyclic amines) is 1. The van der Waals surface area contributed by atoms with Crippen LogP contribution in [0.4, 0.5) is 13.2 Å². The molecule has 2 heterocycles. The van der Waals surface area contributed by atoms with E-state index in [0.29, 0.717) is 5.92 Å². The van der Waals surface area contributed by atoms with Gasteiger partial charge in [-0.1, -0.05) is 6.92 Å². The first-order valence-electron chi connectivity index (χ1n) is 9.84. The second kappa shape index (κ2) is 8.99. The van der Waals surface area contributed by atoms with Gasteiger partial charge in [-0.3, -0.25) is 9.69 Å². The van der Waals surface area contributed by atoms with Crippen LogP contribution in [0.5, 0.6) is 0 Å². The fourth-order valence-electron chi connectivity index (χ4n) is 4.03. The molecule has 3 rings (SSSR count). The van der Waals surface area contributed by atoms with Crippen molar-refractivity contribution < 1.29 is 32.9 Å².